The van der Waals surface area contributed by atoms with Crippen LogP contribution in [0.1, 0.15) is 31.7 Å². The average Bonchev–Trinajstić information content (AvgIpc) is 2.83. The molecule has 1 aromatic rings. The Morgan fingerprint density at radius 2 is 2.18 bits per heavy atom. The summed E-state index contributed by atoms with van der Waals surface area (Å²) < 4.78 is 5.61. The van der Waals surface area contributed by atoms with E-state index >= 15 is 0 Å². The number of hydrogen-bond donors (Lipinski definition) is 0. The molecule has 1 aliphatic heterocycles. The maximum Gasteiger partial charge on any atom is 0.225 e. The Hall–Kier alpha value is -1.16. The normalized spacial score (nSPS) is 19.5. The van der Waals surface area contributed by atoms with Crippen LogP contribution in [0.2, 0.25) is 0 Å². The summed E-state index contributed by atoms with van der Waals surface area (Å²) in [5, 5.41) is 0. The molecule has 1 unspecified atom stereocenters. The van der Waals surface area contributed by atoms with Gasteiger partial charge in [0.25, 0.3) is 0 Å². The molecule has 0 aliphatic carbocycles. The third-order valence-corrected chi connectivity index (χ3v) is 3.07. The monoisotopic (exact) mass is 235 g/mol. The van der Waals surface area contributed by atoms with Gasteiger partial charge in [-0.05, 0) is 24.8 Å². The van der Waals surface area contributed by atoms with Gasteiger partial charge in [-0.2, -0.15) is 0 Å². The molecule has 2 heterocycles. The zero-order chi connectivity index (χ0) is 12.1. The predicted octanol–water partition coefficient (Wildman–Crippen LogP) is 2.04. The van der Waals surface area contributed by atoms with Crippen molar-refractivity contribution in [1.29, 1.82) is 0 Å². The Morgan fingerprint density at radius 1 is 1.41 bits per heavy atom. The van der Waals surface area contributed by atoms with Crippen LogP contribution in [0.4, 0.5) is 5.95 Å². The molecule has 1 fully saturated rings. The van der Waals surface area contributed by atoms with Crippen molar-refractivity contribution >= 4 is 5.95 Å². The fraction of sp³-hybridized carbons (Fsp3) is 0.692. The first kappa shape index (κ1) is 12.3. The van der Waals surface area contributed by atoms with Crippen molar-refractivity contribution in [2.24, 2.45) is 0 Å². The van der Waals surface area contributed by atoms with Gasteiger partial charge in [0.2, 0.25) is 5.95 Å². The molecule has 0 radical (unpaired) electrons. The molecule has 0 spiro atoms. The molecule has 0 amide bonds. The van der Waals surface area contributed by atoms with Gasteiger partial charge in [0, 0.05) is 32.6 Å². The molecule has 17 heavy (non-hydrogen) atoms. The Bertz CT molecular complexity index is 333. The SMILES string of the molecule is CCCc1cnc(N(C)CC2CCCO2)nc1. The van der Waals surface area contributed by atoms with Gasteiger partial charge in [-0.1, -0.05) is 13.3 Å². The fourth-order valence-corrected chi connectivity index (χ4v) is 2.14. The van der Waals surface area contributed by atoms with E-state index in [9.17, 15) is 0 Å². The van der Waals surface area contributed by atoms with Gasteiger partial charge in [-0.25, -0.2) is 9.97 Å². The molecule has 0 aromatic carbocycles. The molecular weight excluding hydrogens is 214 g/mol. The Kier molecular flexibility index (Phi) is 4.31. The van der Waals surface area contributed by atoms with Gasteiger partial charge >= 0.3 is 0 Å². The summed E-state index contributed by atoms with van der Waals surface area (Å²) in [6.07, 6.45) is 8.71. The van der Waals surface area contributed by atoms with Crippen LogP contribution in [-0.2, 0) is 11.2 Å². The van der Waals surface area contributed by atoms with E-state index in [0.717, 1.165) is 38.4 Å². The topological polar surface area (TPSA) is 38.2 Å². The standard InChI is InChI=1S/C13H21N3O/c1-3-5-11-8-14-13(15-9-11)16(2)10-12-6-4-7-17-12/h8-9,12H,3-7,10H2,1-2H3. The van der Waals surface area contributed by atoms with Crippen molar-refractivity contribution in [2.45, 2.75) is 38.7 Å². The number of anilines is 1. The third-order valence-electron chi connectivity index (χ3n) is 3.07. The van der Waals surface area contributed by atoms with Gasteiger partial charge < -0.3 is 9.64 Å². The Balaban J connectivity index is 1.91. The first-order chi connectivity index (χ1) is 8.29. The van der Waals surface area contributed by atoms with Gasteiger partial charge in [0.15, 0.2) is 0 Å². The minimum absolute atomic E-state index is 0.346. The summed E-state index contributed by atoms with van der Waals surface area (Å²) in [5.74, 6) is 0.792. The lowest BCUT2D eigenvalue weighted by molar-refractivity contribution is 0.116. The third kappa shape index (κ3) is 3.40. The Morgan fingerprint density at radius 3 is 2.76 bits per heavy atom. The summed E-state index contributed by atoms with van der Waals surface area (Å²) in [6, 6.07) is 0. The maximum atomic E-state index is 5.61. The second kappa shape index (κ2) is 5.96. The number of likely N-dealkylation sites (N-methyl/N-ethyl adjacent to an activating group) is 1. The van der Waals surface area contributed by atoms with Crippen LogP contribution < -0.4 is 4.90 Å². The molecule has 4 nitrogen and oxygen atoms in total. The summed E-state index contributed by atoms with van der Waals surface area (Å²) in [7, 11) is 2.02. The largest absolute Gasteiger partial charge is 0.376 e. The lowest BCUT2D eigenvalue weighted by atomic mass is 10.2. The summed E-state index contributed by atoms with van der Waals surface area (Å²) >= 11 is 0. The van der Waals surface area contributed by atoms with Crippen LogP contribution in [0.5, 0.6) is 0 Å². The van der Waals surface area contributed by atoms with Crippen molar-refractivity contribution in [1.82, 2.24) is 9.97 Å². The summed E-state index contributed by atoms with van der Waals surface area (Å²) in [4.78, 5) is 10.9. The highest BCUT2D eigenvalue weighted by atomic mass is 16.5. The van der Waals surface area contributed by atoms with Crippen LogP contribution in [-0.4, -0.2) is 36.3 Å². The lowest BCUT2D eigenvalue weighted by Crippen LogP contribution is -2.29. The van der Waals surface area contributed by atoms with E-state index in [1.165, 1.54) is 12.0 Å². The molecule has 1 saturated heterocycles. The highest BCUT2D eigenvalue weighted by molar-refractivity contribution is 5.28. The molecule has 1 aliphatic rings. The van der Waals surface area contributed by atoms with E-state index in [0.29, 0.717) is 6.10 Å². The highest BCUT2D eigenvalue weighted by Crippen LogP contribution is 2.15. The minimum atomic E-state index is 0.346. The lowest BCUT2D eigenvalue weighted by Gasteiger charge is -2.20. The summed E-state index contributed by atoms with van der Waals surface area (Å²) in [5.41, 5.74) is 1.21. The predicted molar refractivity (Wildman–Crippen MR) is 68.3 cm³/mol. The molecule has 2 rings (SSSR count). The molecular formula is C13H21N3O. The van der Waals surface area contributed by atoms with Crippen LogP contribution in [0.25, 0.3) is 0 Å². The quantitative estimate of drug-likeness (QED) is 0.783. The minimum Gasteiger partial charge on any atom is -0.376 e. The van der Waals surface area contributed by atoms with Crippen LogP contribution in [0.3, 0.4) is 0 Å². The first-order valence-corrected chi connectivity index (χ1v) is 6.43. The number of nitrogens with zero attached hydrogens (tertiary/aromatic N) is 3. The molecule has 1 aromatic heterocycles. The van der Waals surface area contributed by atoms with E-state index in [1.54, 1.807) is 0 Å². The van der Waals surface area contributed by atoms with Crippen molar-refractivity contribution < 1.29 is 4.74 Å². The van der Waals surface area contributed by atoms with E-state index in [4.69, 9.17) is 4.74 Å². The summed E-state index contributed by atoms with van der Waals surface area (Å²) in [6.45, 7) is 3.94. The first-order valence-electron chi connectivity index (χ1n) is 6.43. The number of ether oxygens (including phenoxy) is 1. The van der Waals surface area contributed by atoms with Gasteiger partial charge in [-0.3, -0.25) is 0 Å². The number of hydrogen-bond acceptors (Lipinski definition) is 4. The molecule has 0 saturated carbocycles. The average molecular weight is 235 g/mol. The maximum absolute atomic E-state index is 5.61. The van der Waals surface area contributed by atoms with Crippen molar-refractivity contribution in [2.75, 3.05) is 25.1 Å². The second-order valence-electron chi connectivity index (χ2n) is 4.66. The molecule has 94 valence electrons. The van der Waals surface area contributed by atoms with E-state index in [2.05, 4.69) is 21.8 Å². The van der Waals surface area contributed by atoms with Gasteiger partial charge in [0.05, 0.1) is 6.10 Å². The molecule has 4 heteroatoms. The van der Waals surface area contributed by atoms with E-state index in [-0.39, 0.29) is 0 Å². The van der Waals surface area contributed by atoms with E-state index < -0.39 is 0 Å². The number of aromatic nitrogens is 2. The smallest absolute Gasteiger partial charge is 0.225 e. The number of aryl methyl sites for hydroxylation is 1. The van der Waals surface area contributed by atoms with Crippen molar-refractivity contribution in [3.63, 3.8) is 0 Å². The highest BCUT2D eigenvalue weighted by Gasteiger charge is 2.18. The van der Waals surface area contributed by atoms with Crippen LogP contribution in [0, 0.1) is 0 Å². The van der Waals surface area contributed by atoms with Gasteiger partial charge in [-0.15, -0.1) is 0 Å². The van der Waals surface area contributed by atoms with Crippen molar-refractivity contribution in [3.8, 4) is 0 Å². The van der Waals surface area contributed by atoms with Crippen LogP contribution in [0.15, 0.2) is 12.4 Å². The Labute approximate surface area is 103 Å². The number of rotatable bonds is 5. The molecule has 0 bridgehead atoms. The molecule has 0 N–H and O–H groups in total. The fourth-order valence-electron chi connectivity index (χ4n) is 2.14. The zero-order valence-electron chi connectivity index (χ0n) is 10.7. The molecule has 1 atom stereocenters. The van der Waals surface area contributed by atoms with Crippen molar-refractivity contribution in [3.05, 3.63) is 18.0 Å². The van der Waals surface area contributed by atoms with E-state index in [1.807, 2.05) is 19.4 Å². The second-order valence-corrected chi connectivity index (χ2v) is 4.66. The zero-order valence-corrected chi connectivity index (χ0v) is 10.7. The van der Waals surface area contributed by atoms with Crippen LogP contribution >= 0.6 is 0 Å². The van der Waals surface area contributed by atoms with Gasteiger partial charge in [0.1, 0.15) is 0 Å².